The van der Waals surface area contributed by atoms with Gasteiger partial charge in [0, 0.05) is 0 Å². The van der Waals surface area contributed by atoms with E-state index in [9.17, 15) is 0 Å². The van der Waals surface area contributed by atoms with Crippen molar-refractivity contribution in [3.05, 3.63) is 0 Å². The predicted molar refractivity (Wildman–Crippen MR) is 11.2 cm³/mol. The van der Waals surface area contributed by atoms with Crippen molar-refractivity contribution in [2.75, 3.05) is 0 Å². The Balaban J connectivity index is -0.0000000800. The predicted octanol–water partition coefficient (Wildman–Crippen LogP) is -3.65. The van der Waals surface area contributed by atoms with Crippen molar-refractivity contribution in [3.8, 4) is 0 Å². The standard InChI is InChI=1S/Nb.H3O4P.H2O/c;1-5(2,3)4;/h;(H3,1,2,3,4);1H2/q+3;;/p-3. The quantitative estimate of drug-likeness (QED) is 0.299. The second-order valence-electron chi connectivity index (χ2n) is 0.447. The number of hydrogen-bond acceptors (Lipinski definition) is 4. The summed E-state index contributed by atoms with van der Waals surface area (Å²) < 4.78 is 8.55. The van der Waals surface area contributed by atoms with Gasteiger partial charge in [-0.1, -0.05) is 0 Å². The van der Waals surface area contributed by atoms with Gasteiger partial charge in [-0.2, -0.15) is 7.82 Å². The maximum atomic E-state index is 8.55. The van der Waals surface area contributed by atoms with Gasteiger partial charge < -0.3 is 24.7 Å². The van der Waals surface area contributed by atoms with E-state index < -0.39 is 7.82 Å². The largest absolute Gasteiger partial charge is 3.00 e. The van der Waals surface area contributed by atoms with Crippen LogP contribution in [0.2, 0.25) is 0 Å². The van der Waals surface area contributed by atoms with Crippen LogP contribution in [0.1, 0.15) is 0 Å². The monoisotopic (exact) mass is 206 g/mol. The second-order valence-corrected chi connectivity index (χ2v) is 1.34. The van der Waals surface area contributed by atoms with E-state index >= 15 is 0 Å². The van der Waals surface area contributed by atoms with Crippen LogP contribution in [0.15, 0.2) is 0 Å². The first-order valence-electron chi connectivity index (χ1n) is 0.730. The molecule has 0 unspecified atom stereocenters. The van der Waals surface area contributed by atoms with E-state index in [-0.39, 0.29) is 27.9 Å². The third-order valence-electron chi connectivity index (χ3n) is 0. The zero-order chi connectivity index (χ0) is 4.50. The van der Waals surface area contributed by atoms with Gasteiger partial charge in [-0.25, -0.2) is 0 Å². The molecule has 5 nitrogen and oxygen atoms in total. The minimum Gasteiger partial charge on any atom is -0.822 e. The van der Waals surface area contributed by atoms with Gasteiger partial charge in [-0.15, -0.1) is 0 Å². The molecule has 7 heavy (non-hydrogen) atoms. The van der Waals surface area contributed by atoms with Crippen LogP contribution in [0, 0.1) is 0 Å². The molecule has 0 rings (SSSR count). The van der Waals surface area contributed by atoms with E-state index in [2.05, 4.69) is 0 Å². The summed E-state index contributed by atoms with van der Waals surface area (Å²) in [5.74, 6) is 0. The summed E-state index contributed by atoms with van der Waals surface area (Å²) in [7, 11) is -5.39. The van der Waals surface area contributed by atoms with Crippen molar-refractivity contribution >= 4 is 7.82 Å². The zero-order valence-corrected chi connectivity index (χ0v) is 6.12. The average molecular weight is 206 g/mol. The summed E-state index contributed by atoms with van der Waals surface area (Å²) in [6, 6.07) is 0. The summed E-state index contributed by atoms with van der Waals surface area (Å²) in [5.41, 5.74) is 0. The Morgan fingerprint density at radius 1 is 1.14 bits per heavy atom. The van der Waals surface area contributed by atoms with E-state index in [4.69, 9.17) is 19.2 Å². The normalized spacial score (nSPS) is 8.43. The van der Waals surface area contributed by atoms with Crippen LogP contribution < -0.4 is 14.7 Å². The first-order valence-corrected chi connectivity index (χ1v) is 2.19. The maximum Gasteiger partial charge on any atom is 3.00 e. The Hall–Kier alpha value is 0.810. The van der Waals surface area contributed by atoms with E-state index in [0.717, 1.165) is 0 Å². The Morgan fingerprint density at radius 3 is 1.14 bits per heavy atom. The molecule has 0 aromatic heterocycles. The molecule has 0 atom stereocenters. The summed E-state index contributed by atoms with van der Waals surface area (Å²) in [4.78, 5) is 25.6. The van der Waals surface area contributed by atoms with Crippen LogP contribution in [-0.2, 0) is 26.9 Å². The summed E-state index contributed by atoms with van der Waals surface area (Å²) in [6.07, 6.45) is 0. The van der Waals surface area contributed by atoms with Gasteiger partial charge in [0.1, 0.15) is 0 Å². The van der Waals surface area contributed by atoms with Crippen LogP contribution in [0.4, 0.5) is 0 Å². The molecule has 2 N–H and O–H groups in total. The SMILES string of the molecule is O.O=P([O-])([O-])[O-].[Nb+3]. The van der Waals surface area contributed by atoms with Crippen molar-refractivity contribution in [1.29, 1.82) is 0 Å². The van der Waals surface area contributed by atoms with Gasteiger partial charge in [0.25, 0.3) is 0 Å². The van der Waals surface area contributed by atoms with Crippen LogP contribution in [-0.4, -0.2) is 5.48 Å². The Kier molecular flexibility index (Phi) is 11.1. The molecule has 0 heterocycles. The number of hydrogen-bond donors (Lipinski definition) is 0. The first kappa shape index (κ1) is 15.7. The van der Waals surface area contributed by atoms with Gasteiger partial charge >= 0.3 is 22.4 Å². The van der Waals surface area contributed by atoms with Gasteiger partial charge in [0.2, 0.25) is 0 Å². The molecule has 0 radical (unpaired) electrons. The van der Waals surface area contributed by atoms with Crippen LogP contribution in [0.3, 0.4) is 0 Å². The smallest absolute Gasteiger partial charge is 0.822 e. The molecule has 0 aromatic rings. The van der Waals surface area contributed by atoms with Gasteiger partial charge in [-0.05, 0) is 0 Å². The fourth-order valence-corrected chi connectivity index (χ4v) is 0. The molecular formula is H2NbO5P. The minimum atomic E-state index is -5.39. The van der Waals surface area contributed by atoms with Gasteiger partial charge in [0.15, 0.2) is 0 Å². The fourth-order valence-electron chi connectivity index (χ4n) is 0. The topological polar surface area (TPSA) is 118 Å². The van der Waals surface area contributed by atoms with Crippen LogP contribution >= 0.6 is 7.82 Å². The molecule has 0 bridgehead atoms. The third-order valence-corrected chi connectivity index (χ3v) is 0. The third kappa shape index (κ3) is 240. The number of phosphoric acid groups is 1. The van der Waals surface area contributed by atoms with E-state index in [1.165, 1.54) is 0 Å². The molecule has 0 aromatic carbocycles. The summed E-state index contributed by atoms with van der Waals surface area (Å²) in [5, 5.41) is 0. The van der Waals surface area contributed by atoms with Crippen molar-refractivity contribution in [2.24, 2.45) is 0 Å². The first-order chi connectivity index (χ1) is 2.00. The van der Waals surface area contributed by atoms with E-state index in [1.54, 1.807) is 0 Å². The molecule has 0 saturated heterocycles. The summed E-state index contributed by atoms with van der Waals surface area (Å²) >= 11 is 0. The van der Waals surface area contributed by atoms with Crippen molar-refractivity contribution in [3.63, 3.8) is 0 Å². The van der Waals surface area contributed by atoms with Gasteiger partial charge in [0.05, 0.1) is 0 Å². The van der Waals surface area contributed by atoms with Crippen molar-refractivity contribution < 1.29 is 47.1 Å². The van der Waals surface area contributed by atoms with Crippen molar-refractivity contribution in [1.82, 2.24) is 0 Å². The fraction of sp³-hybridized carbons (Fsp3) is 0. The molecule has 0 aliphatic rings. The van der Waals surface area contributed by atoms with Crippen molar-refractivity contribution in [2.45, 2.75) is 0 Å². The molecule has 0 spiro atoms. The van der Waals surface area contributed by atoms with E-state index in [0.29, 0.717) is 0 Å². The van der Waals surface area contributed by atoms with Crippen LogP contribution in [0.25, 0.3) is 0 Å². The minimum absolute atomic E-state index is 0. The van der Waals surface area contributed by atoms with Crippen LogP contribution in [0.5, 0.6) is 0 Å². The summed E-state index contributed by atoms with van der Waals surface area (Å²) in [6.45, 7) is 0. The zero-order valence-electron chi connectivity index (χ0n) is 3.03. The molecule has 0 aliphatic heterocycles. The molecular weight excluding hydrogens is 204 g/mol. The Morgan fingerprint density at radius 2 is 1.14 bits per heavy atom. The average Bonchev–Trinajstić information content (AvgIpc) is 0.722. The molecule has 7 heteroatoms. The molecule has 42 valence electrons. The second kappa shape index (κ2) is 4.96. The Bertz CT molecular complexity index is 54.2. The molecule has 0 fully saturated rings. The van der Waals surface area contributed by atoms with E-state index in [1.807, 2.05) is 0 Å². The number of rotatable bonds is 0. The molecule has 0 saturated carbocycles. The van der Waals surface area contributed by atoms with Gasteiger partial charge in [-0.3, -0.25) is 0 Å². The molecule has 0 aliphatic carbocycles. The maximum absolute atomic E-state index is 8.55. The molecule has 0 amide bonds. The Labute approximate surface area is 55.4 Å².